The summed E-state index contributed by atoms with van der Waals surface area (Å²) in [6, 6.07) is 14.4. The smallest absolute Gasteiger partial charge is 0.487 e. The van der Waals surface area contributed by atoms with Crippen LogP contribution in [0.3, 0.4) is 0 Å². The van der Waals surface area contributed by atoms with E-state index in [0.717, 1.165) is 63.4 Å². The van der Waals surface area contributed by atoms with E-state index < -0.39 is 12.1 Å². The number of aromatic nitrogens is 1. The number of carbonyl (C=O) groups is 2. The predicted molar refractivity (Wildman–Crippen MR) is 132 cm³/mol. The molecule has 7 nitrogen and oxygen atoms in total. The van der Waals surface area contributed by atoms with Crippen molar-refractivity contribution >= 4 is 11.9 Å². The molecule has 2 aromatic rings. The van der Waals surface area contributed by atoms with Crippen LogP contribution in [0, 0.1) is 0 Å². The van der Waals surface area contributed by atoms with Crippen molar-refractivity contribution < 1.29 is 32.6 Å². The summed E-state index contributed by atoms with van der Waals surface area (Å²) in [4.78, 5) is 30.7. The Hall–Kier alpha value is -3.14. The summed E-state index contributed by atoms with van der Waals surface area (Å²) in [5.74, 6) is -1.30. The molecule has 2 aliphatic heterocycles. The Morgan fingerprint density at radius 1 is 1.11 bits per heavy atom. The highest BCUT2D eigenvalue weighted by Gasteiger charge is 2.44. The number of aliphatic carboxylic acids is 1. The molecular weight excluding hydrogens is 487 g/mol. The highest BCUT2D eigenvalue weighted by molar-refractivity contribution is 5.77. The topological polar surface area (TPSA) is 83.0 Å². The van der Waals surface area contributed by atoms with Crippen LogP contribution >= 0.6 is 0 Å². The van der Waals surface area contributed by atoms with Crippen molar-refractivity contribution in [2.75, 3.05) is 26.2 Å². The van der Waals surface area contributed by atoms with Gasteiger partial charge in [0, 0.05) is 51.3 Å². The highest BCUT2D eigenvalue weighted by Crippen LogP contribution is 2.46. The summed E-state index contributed by atoms with van der Waals surface area (Å²) in [6.07, 6.45) is 0.254. The molecule has 0 saturated carbocycles. The molecule has 0 aliphatic carbocycles. The second kappa shape index (κ2) is 12.4. The van der Waals surface area contributed by atoms with Crippen LogP contribution in [-0.2, 0) is 16.1 Å². The fourth-order valence-corrected chi connectivity index (χ4v) is 4.99. The van der Waals surface area contributed by atoms with Crippen LogP contribution in [-0.4, -0.2) is 69.7 Å². The molecule has 1 fully saturated rings. The standard InChI is InChI=1S/C25H33N3O2.C2HF3O2/c1-3-28(4-2)24(29)17-20-18-25(30-23-11-6-5-10-22(20)23)12-15-27(16-13-25)19-21-9-7-8-14-26-21;3-2(4,5)1(6)7/h5-11,14,20H,3-4,12-13,15-19H2,1-2H3;(H,6,7). The number of nitrogens with zero attached hydrogens (tertiary/aromatic N) is 3. The Bertz CT molecular complexity index is 1040. The normalized spacial score (nSPS) is 18.7. The molecule has 37 heavy (non-hydrogen) atoms. The van der Waals surface area contributed by atoms with Crippen molar-refractivity contribution in [3.8, 4) is 5.75 Å². The fraction of sp³-hybridized carbons (Fsp3) is 0.519. The molecule has 1 unspecified atom stereocenters. The van der Waals surface area contributed by atoms with Gasteiger partial charge in [0.1, 0.15) is 11.4 Å². The van der Waals surface area contributed by atoms with E-state index >= 15 is 0 Å². The third kappa shape index (κ3) is 7.67. The number of carboxylic acids is 1. The summed E-state index contributed by atoms with van der Waals surface area (Å²) in [5.41, 5.74) is 2.15. The third-order valence-corrected chi connectivity index (χ3v) is 6.96. The zero-order valence-electron chi connectivity index (χ0n) is 21.2. The first kappa shape index (κ1) is 28.4. The van der Waals surface area contributed by atoms with Crippen molar-refractivity contribution in [3.05, 3.63) is 59.9 Å². The van der Waals surface area contributed by atoms with Gasteiger partial charge in [0.05, 0.1) is 5.69 Å². The van der Waals surface area contributed by atoms with Crippen LogP contribution in [0.5, 0.6) is 5.75 Å². The van der Waals surface area contributed by atoms with E-state index in [4.69, 9.17) is 14.6 Å². The number of hydrogen-bond acceptors (Lipinski definition) is 5. The number of alkyl halides is 3. The summed E-state index contributed by atoms with van der Waals surface area (Å²) in [5, 5.41) is 7.12. The zero-order chi connectivity index (χ0) is 27.1. The highest BCUT2D eigenvalue weighted by atomic mass is 19.4. The number of piperidine rings is 1. The van der Waals surface area contributed by atoms with Crippen molar-refractivity contribution in [1.82, 2.24) is 14.8 Å². The molecule has 10 heteroatoms. The molecule has 3 heterocycles. The Morgan fingerprint density at radius 3 is 2.30 bits per heavy atom. The zero-order valence-corrected chi connectivity index (χ0v) is 21.2. The summed E-state index contributed by atoms with van der Waals surface area (Å²) < 4.78 is 38.4. The van der Waals surface area contributed by atoms with Gasteiger partial charge in [-0.15, -0.1) is 0 Å². The largest absolute Gasteiger partial charge is 0.490 e. The van der Waals surface area contributed by atoms with Crippen molar-refractivity contribution in [2.45, 2.75) is 63.8 Å². The lowest BCUT2D eigenvalue weighted by Gasteiger charge is -2.47. The van der Waals surface area contributed by atoms with E-state index in [9.17, 15) is 18.0 Å². The lowest BCUT2D eigenvalue weighted by molar-refractivity contribution is -0.192. The molecule has 1 spiro atoms. The molecule has 202 valence electrons. The number of likely N-dealkylation sites (tertiary alicyclic amines) is 1. The second-order valence-electron chi connectivity index (χ2n) is 9.39. The van der Waals surface area contributed by atoms with Gasteiger partial charge in [-0.25, -0.2) is 4.79 Å². The lowest BCUT2D eigenvalue weighted by Crippen LogP contribution is -2.50. The molecule has 1 amide bonds. The number of fused-ring (bicyclic) bond motifs is 1. The Labute approximate surface area is 215 Å². The maximum absolute atomic E-state index is 12.9. The van der Waals surface area contributed by atoms with E-state index in [-0.39, 0.29) is 17.4 Å². The number of rotatable bonds is 6. The molecule has 1 atom stereocenters. The summed E-state index contributed by atoms with van der Waals surface area (Å²) >= 11 is 0. The van der Waals surface area contributed by atoms with Gasteiger partial charge in [-0.05, 0) is 56.9 Å². The first-order valence-corrected chi connectivity index (χ1v) is 12.5. The number of carboxylic acid groups (broad SMARTS) is 1. The van der Waals surface area contributed by atoms with Gasteiger partial charge in [-0.2, -0.15) is 13.2 Å². The number of benzene rings is 1. The van der Waals surface area contributed by atoms with Gasteiger partial charge in [0.2, 0.25) is 5.91 Å². The Kier molecular flexibility index (Phi) is 9.53. The van der Waals surface area contributed by atoms with Crippen LogP contribution in [0.25, 0.3) is 0 Å². The van der Waals surface area contributed by atoms with E-state index in [2.05, 4.69) is 48.0 Å². The van der Waals surface area contributed by atoms with Gasteiger partial charge in [0.15, 0.2) is 0 Å². The summed E-state index contributed by atoms with van der Waals surface area (Å²) in [6.45, 7) is 8.53. The van der Waals surface area contributed by atoms with Crippen molar-refractivity contribution in [1.29, 1.82) is 0 Å². The molecule has 2 aliphatic rings. The minimum Gasteiger partial charge on any atom is -0.487 e. The molecular formula is C27H34F3N3O4. The number of pyridine rings is 1. The lowest BCUT2D eigenvalue weighted by atomic mass is 9.76. The van der Waals surface area contributed by atoms with Gasteiger partial charge < -0.3 is 14.7 Å². The molecule has 1 saturated heterocycles. The van der Waals surface area contributed by atoms with Crippen LogP contribution < -0.4 is 4.74 Å². The van der Waals surface area contributed by atoms with E-state index in [1.807, 2.05) is 29.3 Å². The number of para-hydroxylation sites is 1. The van der Waals surface area contributed by atoms with Crippen molar-refractivity contribution in [3.63, 3.8) is 0 Å². The van der Waals surface area contributed by atoms with Crippen molar-refractivity contribution in [2.24, 2.45) is 0 Å². The van der Waals surface area contributed by atoms with Gasteiger partial charge in [-0.1, -0.05) is 24.3 Å². The predicted octanol–water partition coefficient (Wildman–Crippen LogP) is 4.87. The van der Waals surface area contributed by atoms with Gasteiger partial charge in [-0.3, -0.25) is 14.7 Å². The quantitative estimate of drug-likeness (QED) is 0.584. The van der Waals surface area contributed by atoms with E-state index in [1.54, 1.807) is 0 Å². The number of ether oxygens (including phenoxy) is 1. The minimum atomic E-state index is -5.08. The Morgan fingerprint density at radius 2 is 1.73 bits per heavy atom. The average molecular weight is 522 g/mol. The number of hydrogen-bond donors (Lipinski definition) is 1. The number of halogens is 3. The van der Waals surface area contributed by atoms with Gasteiger partial charge >= 0.3 is 12.1 Å². The minimum absolute atomic E-state index is 0.164. The number of carbonyl (C=O) groups excluding carboxylic acids is 1. The van der Waals surface area contributed by atoms with Crippen LogP contribution in [0.1, 0.15) is 56.7 Å². The maximum atomic E-state index is 12.9. The van der Waals surface area contributed by atoms with E-state index in [1.165, 1.54) is 5.56 Å². The average Bonchev–Trinajstić information content (AvgIpc) is 2.87. The maximum Gasteiger partial charge on any atom is 0.490 e. The molecule has 1 aromatic carbocycles. The second-order valence-corrected chi connectivity index (χ2v) is 9.39. The first-order chi connectivity index (χ1) is 17.6. The molecule has 0 radical (unpaired) electrons. The van der Waals surface area contributed by atoms with Crippen LogP contribution in [0.4, 0.5) is 13.2 Å². The monoisotopic (exact) mass is 521 g/mol. The third-order valence-electron chi connectivity index (χ3n) is 6.96. The molecule has 1 N–H and O–H groups in total. The Balaban J connectivity index is 0.000000479. The fourth-order valence-electron chi connectivity index (χ4n) is 4.99. The van der Waals surface area contributed by atoms with Gasteiger partial charge in [0.25, 0.3) is 0 Å². The molecule has 1 aromatic heterocycles. The molecule has 4 rings (SSSR count). The molecule has 0 bridgehead atoms. The number of amides is 1. The van der Waals surface area contributed by atoms with Crippen LogP contribution in [0.2, 0.25) is 0 Å². The van der Waals surface area contributed by atoms with E-state index in [0.29, 0.717) is 6.42 Å². The first-order valence-electron chi connectivity index (χ1n) is 12.5. The SMILES string of the molecule is CCN(CC)C(=O)CC1CC2(CCN(Cc3ccccn3)CC2)Oc2ccccc21.O=C(O)C(F)(F)F. The summed E-state index contributed by atoms with van der Waals surface area (Å²) in [7, 11) is 0. The van der Waals surface area contributed by atoms with Crippen LogP contribution in [0.15, 0.2) is 48.7 Å².